The van der Waals surface area contributed by atoms with Crippen LogP contribution < -0.4 is 5.73 Å². The van der Waals surface area contributed by atoms with Gasteiger partial charge in [-0.05, 0) is 6.42 Å². The smallest absolute Gasteiger partial charge is 0.138 e. The molecule has 0 saturated carbocycles. The van der Waals surface area contributed by atoms with Crippen molar-refractivity contribution in [3.8, 4) is 0 Å². The third kappa shape index (κ3) is 2.03. The van der Waals surface area contributed by atoms with E-state index in [2.05, 4.69) is 4.99 Å². The van der Waals surface area contributed by atoms with E-state index in [1.807, 2.05) is 6.92 Å². The number of ketones is 1. The van der Waals surface area contributed by atoms with Crippen LogP contribution in [-0.4, -0.2) is 18.2 Å². The first kappa shape index (κ1) is 8.24. The number of hydrogen-bond acceptors (Lipinski definition) is 3. The van der Waals surface area contributed by atoms with Gasteiger partial charge in [-0.3, -0.25) is 9.79 Å². The summed E-state index contributed by atoms with van der Waals surface area (Å²) in [5.74, 6) is 1.05. The SMILES string of the molecule is CCCC(=O)C1CN=C(N)C1. The standard InChI is InChI=1S/C8H14N2O/c1-2-3-7(11)6-4-8(9)10-5-6/h6H,2-5H2,1H3,(H2,9,10). The average Bonchev–Trinajstić information content (AvgIpc) is 2.36. The Balaban J connectivity index is 2.34. The van der Waals surface area contributed by atoms with Crippen molar-refractivity contribution in [2.45, 2.75) is 26.2 Å². The van der Waals surface area contributed by atoms with E-state index < -0.39 is 0 Å². The van der Waals surface area contributed by atoms with E-state index in [4.69, 9.17) is 5.73 Å². The van der Waals surface area contributed by atoms with Gasteiger partial charge in [0.15, 0.2) is 0 Å². The molecule has 62 valence electrons. The second kappa shape index (κ2) is 3.51. The van der Waals surface area contributed by atoms with Crippen LogP contribution in [0, 0.1) is 5.92 Å². The van der Waals surface area contributed by atoms with E-state index in [1.54, 1.807) is 0 Å². The minimum atomic E-state index is 0.0925. The molecule has 0 bridgehead atoms. The molecule has 1 heterocycles. The molecule has 1 unspecified atom stereocenters. The Labute approximate surface area is 66.7 Å². The minimum Gasteiger partial charge on any atom is -0.387 e. The van der Waals surface area contributed by atoms with Gasteiger partial charge in [-0.25, -0.2) is 0 Å². The highest BCUT2D eigenvalue weighted by Crippen LogP contribution is 2.14. The molecule has 0 aliphatic carbocycles. The van der Waals surface area contributed by atoms with Gasteiger partial charge in [0.25, 0.3) is 0 Å². The van der Waals surface area contributed by atoms with Gasteiger partial charge in [0.05, 0.1) is 12.4 Å². The lowest BCUT2D eigenvalue weighted by Gasteiger charge is -2.04. The first-order valence-electron chi connectivity index (χ1n) is 4.05. The third-order valence-corrected chi connectivity index (χ3v) is 1.92. The van der Waals surface area contributed by atoms with Crippen LogP contribution in [0.15, 0.2) is 4.99 Å². The zero-order chi connectivity index (χ0) is 8.27. The first-order chi connectivity index (χ1) is 5.24. The molecular weight excluding hydrogens is 140 g/mol. The molecule has 1 atom stereocenters. The fourth-order valence-electron chi connectivity index (χ4n) is 1.28. The molecule has 2 N–H and O–H groups in total. The lowest BCUT2D eigenvalue weighted by Crippen LogP contribution is -2.17. The molecule has 3 heteroatoms. The normalized spacial score (nSPS) is 23.4. The largest absolute Gasteiger partial charge is 0.387 e. The van der Waals surface area contributed by atoms with Crippen molar-refractivity contribution in [1.29, 1.82) is 0 Å². The van der Waals surface area contributed by atoms with Crippen molar-refractivity contribution in [3.63, 3.8) is 0 Å². The molecule has 1 rings (SSSR count). The Morgan fingerprint density at radius 3 is 3.00 bits per heavy atom. The van der Waals surface area contributed by atoms with E-state index in [-0.39, 0.29) is 5.92 Å². The Morgan fingerprint density at radius 2 is 2.55 bits per heavy atom. The second-order valence-electron chi connectivity index (χ2n) is 2.95. The summed E-state index contributed by atoms with van der Waals surface area (Å²) in [5, 5.41) is 0. The summed E-state index contributed by atoms with van der Waals surface area (Å²) in [6.45, 7) is 2.63. The lowest BCUT2D eigenvalue weighted by molar-refractivity contribution is -0.122. The molecule has 0 amide bonds. The zero-order valence-electron chi connectivity index (χ0n) is 6.84. The van der Waals surface area contributed by atoms with Crippen molar-refractivity contribution >= 4 is 11.6 Å². The lowest BCUT2D eigenvalue weighted by atomic mass is 9.99. The predicted octanol–water partition coefficient (Wildman–Crippen LogP) is 0.733. The fraction of sp³-hybridized carbons (Fsp3) is 0.750. The van der Waals surface area contributed by atoms with E-state index in [1.165, 1.54) is 0 Å². The van der Waals surface area contributed by atoms with E-state index in [0.717, 1.165) is 6.42 Å². The quantitative estimate of drug-likeness (QED) is 0.651. The number of nitrogens with two attached hydrogens (primary N) is 1. The number of amidine groups is 1. The van der Waals surface area contributed by atoms with Gasteiger partial charge in [-0.1, -0.05) is 6.92 Å². The van der Waals surface area contributed by atoms with Gasteiger partial charge < -0.3 is 5.73 Å². The molecular formula is C8H14N2O. The van der Waals surface area contributed by atoms with Crippen molar-refractivity contribution < 1.29 is 4.79 Å². The number of Topliss-reactive ketones (excluding diaryl/α,β-unsaturated/α-hetero) is 1. The molecule has 0 radical (unpaired) electrons. The van der Waals surface area contributed by atoms with Crippen molar-refractivity contribution in [3.05, 3.63) is 0 Å². The molecule has 3 nitrogen and oxygen atoms in total. The van der Waals surface area contributed by atoms with Crippen LogP contribution in [0.5, 0.6) is 0 Å². The Morgan fingerprint density at radius 1 is 1.82 bits per heavy atom. The summed E-state index contributed by atoms with van der Waals surface area (Å²) in [7, 11) is 0. The van der Waals surface area contributed by atoms with Crippen molar-refractivity contribution in [1.82, 2.24) is 0 Å². The molecule has 11 heavy (non-hydrogen) atoms. The first-order valence-corrected chi connectivity index (χ1v) is 4.05. The number of carbonyl (C=O) groups is 1. The molecule has 1 aliphatic rings. The summed E-state index contributed by atoms with van der Waals surface area (Å²) in [5.41, 5.74) is 5.46. The third-order valence-electron chi connectivity index (χ3n) is 1.92. The van der Waals surface area contributed by atoms with E-state index in [0.29, 0.717) is 31.0 Å². The van der Waals surface area contributed by atoms with Gasteiger partial charge >= 0.3 is 0 Å². The number of nitrogens with zero attached hydrogens (tertiary/aromatic N) is 1. The van der Waals surface area contributed by atoms with Gasteiger partial charge in [-0.15, -0.1) is 0 Å². The van der Waals surface area contributed by atoms with Crippen LogP contribution in [0.25, 0.3) is 0 Å². The average molecular weight is 154 g/mol. The van der Waals surface area contributed by atoms with Crippen LogP contribution in [0.2, 0.25) is 0 Å². The molecule has 1 aliphatic heterocycles. The van der Waals surface area contributed by atoms with Gasteiger partial charge in [0.2, 0.25) is 0 Å². The van der Waals surface area contributed by atoms with Gasteiger partial charge in [-0.2, -0.15) is 0 Å². The van der Waals surface area contributed by atoms with Crippen molar-refractivity contribution in [2.24, 2.45) is 16.6 Å². The summed E-state index contributed by atoms with van der Waals surface area (Å²) >= 11 is 0. The monoisotopic (exact) mass is 154 g/mol. The molecule has 0 saturated heterocycles. The topological polar surface area (TPSA) is 55.5 Å². The summed E-state index contributed by atoms with van der Waals surface area (Å²) in [6, 6.07) is 0. The molecule has 0 aromatic carbocycles. The minimum absolute atomic E-state index is 0.0925. The van der Waals surface area contributed by atoms with Gasteiger partial charge in [0, 0.05) is 18.8 Å². The zero-order valence-corrected chi connectivity index (χ0v) is 6.84. The Kier molecular flexibility index (Phi) is 2.63. The number of aliphatic imine (C=N–C) groups is 1. The van der Waals surface area contributed by atoms with E-state index in [9.17, 15) is 4.79 Å². The Hall–Kier alpha value is -0.860. The number of carbonyl (C=O) groups excluding carboxylic acids is 1. The predicted molar refractivity (Wildman–Crippen MR) is 44.5 cm³/mol. The number of hydrogen-bond donors (Lipinski definition) is 1. The summed E-state index contributed by atoms with van der Waals surface area (Å²) in [6.07, 6.45) is 2.28. The van der Waals surface area contributed by atoms with Crippen LogP contribution in [-0.2, 0) is 4.79 Å². The maximum absolute atomic E-state index is 11.3. The Bertz CT molecular complexity index is 187. The highest BCUT2D eigenvalue weighted by molar-refractivity contribution is 5.91. The highest BCUT2D eigenvalue weighted by Gasteiger charge is 2.22. The van der Waals surface area contributed by atoms with Gasteiger partial charge in [0.1, 0.15) is 5.78 Å². The van der Waals surface area contributed by atoms with Crippen LogP contribution in [0.1, 0.15) is 26.2 Å². The number of rotatable bonds is 3. The summed E-state index contributed by atoms with van der Waals surface area (Å²) < 4.78 is 0. The molecule has 0 aromatic heterocycles. The maximum Gasteiger partial charge on any atom is 0.138 e. The second-order valence-corrected chi connectivity index (χ2v) is 2.95. The van der Waals surface area contributed by atoms with Crippen LogP contribution in [0.4, 0.5) is 0 Å². The molecule has 0 fully saturated rings. The summed E-state index contributed by atoms with van der Waals surface area (Å²) in [4.78, 5) is 15.3. The fourth-order valence-corrected chi connectivity index (χ4v) is 1.28. The van der Waals surface area contributed by atoms with Crippen LogP contribution in [0.3, 0.4) is 0 Å². The van der Waals surface area contributed by atoms with Crippen LogP contribution >= 0.6 is 0 Å². The molecule has 0 aromatic rings. The highest BCUT2D eigenvalue weighted by atomic mass is 16.1. The molecule has 0 spiro atoms. The maximum atomic E-state index is 11.3. The van der Waals surface area contributed by atoms with Crippen molar-refractivity contribution in [2.75, 3.05) is 6.54 Å². The van der Waals surface area contributed by atoms with E-state index >= 15 is 0 Å².